The van der Waals surface area contributed by atoms with E-state index in [1.807, 2.05) is 0 Å². The van der Waals surface area contributed by atoms with Crippen LogP contribution in [0.3, 0.4) is 0 Å². The SMILES string of the molecule is CC(CCN)C(=O)NCC(=O)O. The molecule has 0 heterocycles. The predicted molar refractivity (Wildman–Crippen MR) is 43.5 cm³/mol. The Bertz CT molecular complexity index is 170. The summed E-state index contributed by atoms with van der Waals surface area (Å²) in [6.07, 6.45) is 0.575. The maximum Gasteiger partial charge on any atom is 0.322 e. The largest absolute Gasteiger partial charge is 0.480 e. The monoisotopic (exact) mass is 174 g/mol. The molecule has 5 nitrogen and oxygen atoms in total. The second kappa shape index (κ2) is 5.54. The van der Waals surface area contributed by atoms with E-state index in [1.54, 1.807) is 6.92 Å². The molecule has 4 N–H and O–H groups in total. The highest BCUT2D eigenvalue weighted by Crippen LogP contribution is 1.98. The minimum atomic E-state index is -1.04. The van der Waals surface area contributed by atoms with Crippen molar-refractivity contribution in [1.82, 2.24) is 5.32 Å². The zero-order valence-corrected chi connectivity index (χ0v) is 7.04. The third-order valence-corrected chi connectivity index (χ3v) is 1.46. The quantitative estimate of drug-likeness (QED) is 0.507. The third kappa shape index (κ3) is 4.68. The van der Waals surface area contributed by atoms with Crippen LogP contribution in [0.2, 0.25) is 0 Å². The van der Waals surface area contributed by atoms with Gasteiger partial charge in [-0.15, -0.1) is 0 Å². The van der Waals surface area contributed by atoms with Crippen LogP contribution in [0.15, 0.2) is 0 Å². The molecule has 0 saturated heterocycles. The fourth-order valence-corrected chi connectivity index (χ4v) is 0.718. The molecule has 0 aromatic heterocycles. The average Bonchev–Trinajstić information content (AvgIpc) is 2.00. The second-order valence-electron chi connectivity index (χ2n) is 2.59. The molecule has 1 amide bonds. The van der Waals surface area contributed by atoms with Gasteiger partial charge in [0.15, 0.2) is 0 Å². The van der Waals surface area contributed by atoms with Crippen molar-refractivity contribution < 1.29 is 14.7 Å². The fourth-order valence-electron chi connectivity index (χ4n) is 0.718. The highest BCUT2D eigenvalue weighted by atomic mass is 16.4. The minimum absolute atomic E-state index is 0.214. The van der Waals surface area contributed by atoms with Gasteiger partial charge in [0.05, 0.1) is 0 Å². The normalized spacial score (nSPS) is 12.2. The van der Waals surface area contributed by atoms with Crippen molar-refractivity contribution in [1.29, 1.82) is 0 Å². The Labute approximate surface area is 70.9 Å². The van der Waals surface area contributed by atoms with Crippen molar-refractivity contribution >= 4 is 11.9 Å². The van der Waals surface area contributed by atoms with E-state index in [-0.39, 0.29) is 18.4 Å². The number of amides is 1. The summed E-state index contributed by atoms with van der Waals surface area (Å²) in [4.78, 5) is 21.1. The van der Waals surface area contributed by atoms with E-state index in [4.69, 9.17) is 10.8 Å². The second-order valence-corrected chi connectivity index (χ2v) is 2.59. The lowest BCUT2D eigenvalue weighted by Crippen LogP contribution is -2.34. The van der Waals surface area contributed by atoms with Gasteiger partial charge in [-0.1, -0.05) is 6.92 Å². The lowest BCUT2D eigenvalue weighted by molar-refractivity contribution is -0.138. The summed E-state index contributed by atoms with van der Waals surface area (Å²) in [5.41, 5.74) is 5.23. The molecule has 0 rings (SSSR count). The van der Waals surface area contributed by atoms with Crippen molar-refractivity contribution in [2.24, 2.45) is 11.7 Å². The summed E-state index contributed by atoms with van der Waals surface area (Å²) >= 11 is 0. The molecule has 1 atom stereocenters. The van der Waals surface area contributed by atoms with Crippen molar-refractivity contribution in [2.75, 3.05) is 13.1 Å². The summed E-state index contributed by atoms with van der Waals surface area (Å²) < 4.78 is 0. The molecule has 1 unspecified atom stereocenters. The lowest BCUT2D eigenvalue weighted by Gasteiger charge is -2.08. The van der Waals surface area contributed by atoms with Gasteiger partial charge < -0.3 is 16.2 Å². The van der Waals surface area contributed by atoms with E-state index in [1.165, 1.54) is 0 Å². The molecule has 0 saturated carbocycles. The maximum absolute atomic E-state index is 11.0. The number of hydrogen-bond acceptors (Lipinski definition) is 3. The Morgan fingerprint density at radius 3 is 2.58 bits per heavy atom. The Hall–Kier alpha value is -1.10. The van der Waals surface area contributed by atoms with Crippen molar-refractivity contribution in [2.45, 2.75) is 13.3 Å². The first-order valence-corrected chi connectivity index (χ1v) is 3.77. The fraction of sp³-hybridized carbons (Fsp3) is 0.714. The Kier molecular flexibility index (Phi) is 5.03. The van der Waals surface area contributed by atoms with Gasteiger partial charge in [0, 0.05) is 5.92 Å². The van der Waals surface area contributed by atoms with Crippen LogP contribution >= 0.6 is 0 Å². The first-order valence-electron chi connectivity index (χ1n) is 3.77. The maximum atomic E-state index is 11.0. The van der Waals surface area contributed by atoms with E-state index in [0.717, 1.165) is 0 Å². The van der Waals surface area contributed by atoms with Gasteiger partial charge in [-0.2, -0.15) is 0 Å². The number of rotatable bonds is 5. The van der Waals surface area contributed by atoms with Gasteiger partial charge in [-0.3, -0.25) is 9.59 Å². The van der Waals surface area contributed by atoms with Crippen molar-refractivity contribution in [3.63, 3.8) is 0 Å². The molecule has 70 valence electrons. The van der Waals surface area contributed by atoms with Gasteiger partial charge >= 0.3 is 5.97 Å². The van der Waals surface area contributed by atoms with Crippen molar-refractivity contribution in [3.05, 3.63) is 0 Å². The molecule has 0 spiro atoms. The number of carbonyl (C=O) groups is 2. The first kappa shape index (κ1) is 10.9. The lowest BCUT2D eigenvalue weighted by atomic mass is 10.1. The van der Waals surface area contributed by atoms with Crippen LogP contribution < -0.4 is 11.1 Å². The van der Waals surface area contributed by atoms with Crippen LogP contribution in [-0.2, 0) is 9.59 Å². The van der Waals surface area contributed by atoms with Crippen LogP contribution in [0.5, 0.6) is 0 Å². The number of carboxylic acids is 1. The first-order chi connectivity index (χ1) is 5.57. The van der Waals surface area contributed by atoms with Crippen LogP contribution in [0.25, 0.3) is 0 Å². The number of carbonyl (C=O) groups excluding carboxylic acids is 1. The van der Waals surface area contributed by atoms with Crippen molar-refractivity contribution in [3.8, 4) is 0 Å². The van der Waals surface area contributed by atoms with Crippen LogP contribution in [0, 0.1) is 5.92 Å². The van der Waals surface area contributed by atoms with E-state index in [9.17, 15) is 9.59 Å². The summed E-state index contributed by atoms with van der Waals surface area (Å²) in [5, 5.41) is 10.5. The van der Waals surface area contributed by atoms with E-state index in [0.29, 0.717) is 13.0 Å². The molecular weight excluding hydrogens is 160 g/mol. The average molecular weight is 174 g/mol. The molecule has 0 aromatic rings. The number of carboxylic acid groups (broad SMARTS) is 1. The van der Waals surface area contributed by atoms with E-state index in [2.05, 4.69) is 5.32 Å². The molecule has 5 heteroatoms. The highest BCUT2D eigenvalue weighted by molar-refractivity contribution is 5.82. The predicted octanol–water partition coefficient (Wildman–Crippen LogP) is -0.828. The summed E-state index contributed by atoms with van der Waals surface area (Å²) in [5.74, 6) is -1.51. The van der Waals surface area contributed by atoms with Gasteiger partial charge in [-0.05, 0) is 13.0 Å². The Morgan fingerprint density at radius 2 is 2.17 bits per heavy atom. The number of aliphatic carboxylic acids is 1. The molecular formula is C7H14N2O3. The van der Waals surface area contributed by atoms with Gasteiger partial charge in [0.2, 0.25) is 5.91 Å². The standard InChI is InChI=1S/C7H14N2O3/c1-5(2-3-8)7(12)9-4-6(10)11/h5H,2-4,8H2,1H3,(H,9,12)(H,10,11). The number of hydrogen-bond donors (Lipinski definition) is 3. The molecule has 12 heavy (non-hydrogen) atoms. The van der Waals surface area contributed by atoms with Crippen LogP contribution in [0.4, 0.5) is 0 Å². The topological polar surface area (TPSA) is 92.4 Å². The highest BCUT2D eigenvalue weighted by Gasteiger charge is 2.11. The zero-order chi connectivity index (χ0) is 9.56. The minimum Gasteiger partial charge on any atom is -0.480 e. The van der Waals surface area contributed by atoms with E-state index < -0.39 is 5.97 Å². The Morgan fingerprint density at radius 1 is 1.58 bits per heavy atom. The summed E-state index contributed by atoms with van der Waals surface area (Å²) in [6.45, 7) is 1.82. The molecule has 0 aliphatic rings. The van der Waals surface area contributed by atoms with E-state index >= 15 is 0 Å². The molecule has 0 aliphatic heterocycles. The number of nitrogens with one attached hydrogen (secondary N) is 1. The molecule has 0 radical (unpaired) electrons. The molecule has 0 aliphatic carbocycles. The zero-order valence-electron chi connectivity index (χ0n) is 7.04. The summed E-state index contributed by atoms with van der Waals surface area (Å²) in [7, 11) is 0. The van der Waals surface area contributed by atoms with Gasteiger partial charge in [0.1, 0.15) is 6.54 Å². The third-order valence-electron chi connectivity index (χ3n) is 1.46. The molecule has 0 aromatic carbocycles. The Balaban J connectivity index is 3.64. The van der Waals surface area contributed by atoms with Crippen LogP contribution in [0.1, 0.15) is 13.3 Å². The summed E-state index contributed by atoms with van der Waals surface area (Å²) in [6, 6.07) is 0. The van der Waals surface area contributed by atoms with Crippen LogP contribution in [-0.4, -0.2) is 30.1 Å². The van der Waals surface area contributed by atoms with Gasteiger partial charge in [0.25, 0.3) is 0 Å². The number of nitrogens with two attached hydrogens (primary N) is 1. The molecule has 0 bridgehead atoms. The smallest absolute Gasteiger partial charge is 0.322 e. The van der Waals surface area contributed by atoms with Gasteiger partial charge in [-0.25, -0.2) is 0 Å². The molecule has 0 fully saturated rings.